The molecule has 4 heterocycles. The maximum atomic E-state index is 6.19. The number of benzene rings is 1. The molecule has 3 aromatic rings. The Hall–Kier alpha value is -3.74. The Labute approximate surface area is 187 Å². The summed E-state index contributed by atoms with van der Waals surface area (Å²) in [5, 5.41) is 4.88. The van der Waals surface area contributed by atoms with E-state index in [-0.39, 0.29) is 0 Å². The Kier molecular flexibility index (Phi) is 5.54. The third kappa shape index (κ3) is 4.19. The van der Waals surface area contributed by atoms with E-state index in [0.29, 0.717) is 18.1 Å². The summed E-state index contributed by atoms with van der Waals surface area (Å²) in [5.74, 6) is 1.68. The van der Waals surface area contributed by atoms with Crippen molar-refractivity contribution in [2.24, 2.45) is 15.7 Å². The molecule has 2 aromatic heterocycles. The number of aliphatic imine (C=N–C) groups is 2. The second kappa shape index (κ2) is 8.78. The molecule has 1 aromatic carbocycles. The molecular formula is C25H27N7. The van der Waals surface area contributed by atoms with Crippen LogP contribution in [0.5, 0.6) is 0 Å². The van der Waals surface area contributed by atoms with Gasteiger partial charge in [0, 0.05) is 48.4 Å². The Morgan fingerprint density at radius 1 is 1.09 bits per heavy atom. The predicted molar refractivity (Wildman–Crippen MR) is 132 cm³/mol. The van der Waals surface area contributed by atoms with Gasteiger partial charge in [0.1, 0.15) is 5.82 Å². The lowest BCUT2D eigenvalue weighted by Crippen LogP contribution is -2.31. The molecule has 0 bridgehead atoms. The van der Waals surface area contributed by atoms with Crippen molar-refractivity contribution in [2.45, 2.75) is 26.2 Å². The summed E-state index contributed by atoms with van der Waals surface area (Å²) in [6.45, 7) is 4.72. The molecule has 162 valence electrons. The number of hydrogen-bond acceptors (Lipinski definition) is 6. The quantitative estimate of drug-likeness (QED) is 0.619. The van der Waals surface area contributed by atoms with E-state index in [2.05, 4.69) is 21.0 Å². The van der Waals surface area contributed by atoms with Gasteiger partial charge >= 0.3 is 0 Å². The monoisotopic (exact) mass is 425 g/mol. The Morgan fingerprint density at radius 2 is 1.91 bits per heavy atom. The van der Waals surface area contributed by atoms with Crippen LogP contribution in [0.15, 0.2) is 64.6 Å². The molecule has 0 aliphatic carbocycles. The number of piperidine rings is 1. The van der Waals surface area contributed by atoms with Crippen LogP contribution in [0.4, 0.5) is 11.6 Å². The minimum atomic E-state index is 0.648. The summed E-state index contributed by atoms with van der Waals surface area (Å²) < 4.78 is 1.95. The van der Waals surface area contributed by atoms with E-state index in [4.69, 9.17) is 15.8 Å². The van der Waals surface area contributed by atoms with Crippen LogP contribution in [-0.2, 0) is 0 Å². The van der Waals surface area contributed by atoms with Crippen molar-refractivity contribution < 1.29 is 0 Å². The van der Waals surface area contributed by atoms with E-state index in [0.717, 1.165) is 47.1 Å². The highest BCUT2D eigenvalue weighted by Crippen LogP contribution is 2.27. The molecule has 2 N–H and O–H groups in total. The highest BCUT2D eigenvalue weighted by molar-refractivity contribution is 6.02. The molecular weight excluding hydrogens is 398 g/mol. The Balaban J connectivity index is 1.50. The molecule has 1 saturated heterocycles. The lowest BCUT2D eigenvalue weighted by molar-refractivity contribution is 0.568. The summed E-state index contributed by atoms with van der Waals surface area (Å²) in [5.41, 5.74) is 11.7. The molecule has 2 aliphatic rings. The smallest absolute Gasteiger partial charge is 0.160 e. The standard InChI is InChI=1S/C25H27N7/c1-18-14-20(17-28-18)22-15-24-29-23(27-11-10-21(26)19-8-4-2-5-9-19)16-25(32(24)30-22)31-12-6-3-7-13-31/h2,4-5,8-11,14-16H,3,6-7,12-13,17,26H2,1H3. The minimum Gasteiger partial charge on any atom is -0.398 e. The van der Waals surface area contributed by atoms with Crippen LogP contribution in [0.1, 0.15) is 37.4 Å². The van der Waals surface area contributed by atoms with E-state index < -0.39 is 0 Å². The van der Waals surface area contributed by atoms with Crippen molar-refractivity contribution in [1.82, 2.24) is 14.6 Å². The van der Waals surface area contributed by atoms with Gasteiger partial charge in [-0.15, -0.1) is 0 Å². The van der Waals surface area contributed by atoms with Crippen LogP contribution >= 0.6 is 0 Å². The fourth-order valence-electron chi connectivity index (χ4n) is 4.15. The van der Waals surface area contributed by atoms with Gasteiger partial charge < -0.3 is 10.6 Å². The second-order valence-electron chi connectivity index (χ2n) is 8.21. The van der Waals surface area contributed by atoms with Crippen LogP contribution in [0.25, 0.3) is 16.9 Å². The van der Waals surface area contributed by atoms with Crippen LogP contribution < -0.4 is 10.6 Å². The number of anilines is 1. The van der Waals surface area contributed by atoms with Gasteiger partial charge in [-0.3, -0.25) is 4.99 Å². The van der Waals surface area contributed by atoms with Gasteiger partial charge in [0.15, 0.2) is 11.5 Å². The average molecular weight is 426 g/mol. The summed E-state index contributed by atoms with van der Waals surface area (Å²) >= 11 is 0. The van der Waals surface area contributed by atoms with Gasteiger partial charge in [-0.05, 0) is 43.9 Å². The third-order valence-corrected chi connectivity index (χ3v) is 5.85. The van der Waals surface area contributed by atoms with E-state index in [9.17, 15) is 0 Å². The normalized spacial score (nSPS) is 17.3. The van der Waals surface area contributed by atoms with E-state index >= 15 is 0 Å². The lowest BCUT2D eigenvalue weighted by Gasteiger charge is -2.28. The number of allylic oxidation sites excluding steroid dienone is 2. The SMILES string of the molecule is CC1=NCC(c2cc3nc(N=CC=C(N)c4ccccc4)cc(N4CCCCC4)n3n2)=C1. The molecule has 5 rings (SSSR count). The molecule has 32 heavy (non-hydrogen) atoms. The van der Waals surface area contributed by atoms with Crippen LogP contribution in [0.2, 0.25) is 0 Å². The van der Waals surface area contributed by atoms with Gasteiger partial charge in [-0.2, -0.15) is 9.61 Å². The number of nitrogens with two attached hydrogens (primary N) is 1. The zero-order chi connectivity index (χ0) is 21.9. The molecule has 1 fully saturated rings. The molecule has 0 spiro atoms. The zero-order valence-corrected chi connectivity index (χ0v) is 18.3. The van der Waals surface area contributed by atoms with Gasteiger partial charge in [0.25, 0.3) is 0 Å². The number of fused-ring (bicyclic) bond motifs is 1. The molecule has 0 unspecified atom stereocenters. The van der Waals surface area contributed by atoms with Crippen molar-refractivity contribution in [3.8, 4) is 0 Å². The molecule has 0 radical (unpaired) electrons. The Bertz CT molecular complexity index is 1240. The van der Waals surface area contributed by atoms with Crippen molar-refractivity contribution in [1.29, 1.82) is 0 Å². The number of rotatable bonds is 5. The summed E-state index contributed by atoms with van der Waals surface area (Å²) in [6, 6.07) is 13.9. The molecule has 0 atom stereocenters. The lowest BCUT2D eigenvalue weighted by atomic mass is 10.1. The molecule has 0 amide bonds. The first-order valence-corrected chi connectivity index (χ1v) is 11.1. The van der Waals surface area contributed by atoms with Crippen molar-refractivity contribution >= 4 is 40.5 Å². The maximum Gasteiger partial charge on any atom is 0.160 e. The Morgan fingerprint density at radius 3 is 2.66 bits per heavy atom. The maximum absolute atomic E-state index is 6.19. The first-order chi connectivity index (χ1) is 15.7. The third-order valence-electron chi connectivity index (χ3n) is 5.85. The topological polar surface area (TPSA) is 84.2 Å². The van der Waals surface area contributed by atoms with Crippen molar-refractivity contribution in [3.05, 3.63) is 65.9 Å². The fraction of sp³-hybridized carbons (Fsp3) is 0.280. The summed E-state index contributed by atoms with van der Waals surface area (Å²) in [6.07, 6.45) is 9.27. The highest BCUT2D eigenvalue weighted by Gasteiger charge is 2.19. The summed E-state index contributed by atoms with van der Waals surface area (Å²) in [7, 11) is 0. The molecule has 2 aliphatic heterocycles. The van der Waals surface area contributed by atoms with Crippen LogP contribution in [-0.4, -0.2) is 46.2 Å². The molecule has 7 heteroatoms. The zero-order valence-electron chi connectivity index (χ0n) is 18.3. The minimum absolute atomic E-state index is 0.648. The van der Waals surface area contributed by atoms with Crippen LogP contribution in [0.3, 0.4) is 0 Å². The number of nitrogens with zero attached hydrogens (tertiary/aromatic N) is 6. The van der Waals surface area contributed by atoms with Crippen molar-refractivity contribution in [2.75, 3.05) is 24.5 Å². The highest BCUT2D eigenvalue weighted by atomic mass is 15.4. The van der Waals surface area contributed by atoms with E-state index in [1.807, 2.05) is 60.0 Å². The van der Waals surface area contributed by atoms with Gasteiger partial charge in [0.2, 0.25) is 0 Å². The molecule has 0 saturated carbocycles. The van der Waals surface area contributed by atoms with Crippen molar-refractivity contribution in [3.63, 3.8) is 0 Å². The van der Waals surface area contributed by atoms with Crippen LogP contribution in [0, 0.1) is 0 Å². The van der Waals surface area contributed by atoms with Gasteiger partial charge in [-0.25, -0.2) is 9.98 Å². The van der Waals surface area contributed by atoms with Gasteiger partial charge in [0.05, 0.1) is 12.2 Å². The predicted octanol–water partition coefficient (Wildman–Crippen LogP) is 4.28. The first kappa shape index (κ1) is 20.2. The first-order valence-electron chi connectivity index (χ1n) is 11.1. The average Bonchev–Trinajstić information content (AvgIpc) is 3.46. The number of hydrogen-bond donors (Lipinski definition) is 1. The summed E-state index contributed by atoms with van der Waals surface area (Å²) in [4.78, 5) is 16.2. The largest absolute Gasteiger partial charge is 0.398 e. The van der Waals surface area contributed by atoms with Gasteiger partial charge in [-0.1, -0.05) is 30.3 Å². The fourth-order valence-corrected chi connectivity index (χ4v) is 4.15. The van der Waals surface area contributed by atoms with E-state index in [1.165, 1.54) is 19.3 Å². The van der Waals surface area contributed by atoms with E-state index in [1.54, 1.807) is 6.21 Å². The molecule has 7 nitrogen and oxygen atoms in total. The second-order valence-corrected chi connectivity index (χ2v) is 8.21. The number of aromatic nitrogens is 3.